The number of rotatable bonds is 7. The maximum Gasteiger partial charge on any atom is 0.357 e. The van der Waals surface area contributed by atoms with Crippen molar-refractivity contribution in [1.82, 2.24) is 10.3 Å². The lowest BCUT2D eigenvalue weighted by molar-refractivity contribution is -0.119. The first-order valence-electron chi connectivity index (χ1n) is 7.32. The minimum absolute atomic E-state index is 0.141. The van der Waals surface area contributed by atoms with Crippen LogP contribution in [0, 0.1) is 0 Å². The fraction of sp³-hybridized carbons (Fsp3) is 0.333. The van der Waals surface area contributed by atoms with Crippen molar-refractivity contribution in [2.24, 2.45) is 0 Å². The van der Waals surface area contributed by atoms with Gasteiger partial charge in [0.05, 0.1) is 17.4 Å². The normalized spacial score (nSPS) is 12.6. The van der Waals surface area contributed by atoms with Crippen molar-refractivity contribution in [3.63, 3.8) is 0 Å². The summed E-state index contributed by atoms with van der Waals surface area (Å²) in [6.45, 7) is 3.48. The summed E-state index contributed by atoms with van der Waals surface area (Å²) < 4.78 is 32.3. The van der Waals surface area contributed by atoms with Crippen molar-refractivity contribution in [3.8, 4) is 0 Å². The molecular formula is C15H19N3O4S2. The van der Waals surface area contributed by atoms with Gasteiger partial charge in [0.25, 0.3) is 0 Å². The van der Waals surface area contributed by atoms with Gasteiger partial charge in [0.2, 0.25) is 5.91 Å². The highest BCUT2D eigenvalue weighted by molar-refractivity contribution is 7.87. The molecule has 0 aliphatic heterocycles. The molecule has 24 heavy (non-hydrogen) atoms. The Balaban J connectivity index is 2.15. The van der Waals surface area contributed by atoms with Gasteiger partial charge in [0.1, 0.15) is 5.01 Å². The molecule has 0 aliphatic rings. The maximum atomic E-state index is 11.5. The standard InChI is InChI=1S/C15H19N3O4S2/c1-3-12-9-23-15(17-12)14(16-10(2)19)8-11-4-6-13(7-5-11)18-24(20,21)22/h4-7,9,14,18H,3,8H2,1-2H3,(H,16,19)(H,20,21,22)/t14-/m0/s1. The highest BCUT2D eigenvalue weighted by Gasteiger charge is 2.17. The number of nitrogens with one attached hydrogen (secondary N) is 2. The van der Waals surface area contributed by atoms with Gasteiger partial charge in [-0.1, -0.05) is 19.1 Å². The molecule has 2 rings (SSSR count). The maximum absolute atomic E-state index is 11.5. The van der Waals surface area contributed by atoms with E-state index >= 15 is 0 Å². The highest BCUT2D eigenvalue weighted by Crippen LogP contribution is 2.23. The van der Waals surface area contributed by atoms with Gasteiger partial charge in [0.15, 0.2) is 0 Å². The van der Waals surface area contributed by atoms with Crippen LogP contribution in [0.2, 0.25) is 0 Å². The number of nitrogens with zero attached hydrogens (tertiary/aromatic N) is 1. The zero-order chi connectivity index (χ0) is 17.7. The molecule has 0 fully saturated rings. The van der Waals surface area contributed by atoms with E-state index in [0.717, 1.165) is 22.7 Å². The van der Waals surface area contributed by atoms with E-state index in [1.165, 1.54) is 18.3 Å². The summed E-state index contributed by atoms with van der Waals surface area (Å²) in [4.78, 5) is 16.0. The molecule has 0 saturated heterocycles. The van der Waals surface area contributed by atoms with E-state index in [-0.39, 0.29) is 17.6 Å². The Kier molecular flexibility index (Phi) is 5.92. The molecule has 2 aromatic rings. The highest BCUT2D eigenvalue weighted by atomic mass is 32.2. The average molecular weight is 369 g/mol. The molecule has 3 N–H and O–H groups in total. The largest absolute Gasteiger partial charge is 0.357 e. The van der Waals surface area contributed by atoms with Crippen LogP contribution in [0.3, 0.4) is 0 Å². The number of carbonyl (C=O) groups is 1. The van der Waals surface area contributed by atoms with Crippen molar-refractivity contribution in [2.75, 3.05) is 4.72 Å². The van der Waals surface area contributed by atoms with E-state index in [0.29, 0.717) is 6.42 Å². The van der Waals surface area contributed by atoms with Crippen LogP contribution < -0.4 is 10.0 Å². The number of benzene rings is 1. The second kappa shape index (κ2) is 7.73. The number of hydrogen-bond acceptors (Lipinski definition) is 5. The molecule has 0 unspecified atom stereocenters. The Hall–Kier alpha value is -1.97. The Labute approximate surface area is 145 Å². The minimum atomic E-state index is -4.29. The van der Waals surface area contributed by atoms with E-state index in [1.807, 2.05) is 17.0 Å². The zero-order valence-electron chi connectivity index (χ0n) is 13.3. The lowest BCUT2D eigenvalue weighted by Crippen LogP contribution is -2.27. The van der Waals surface area contributed by atoms with Gasteiger partial charge >= 0.3 is 10.3 Å². The van der Waals surface area contributed by atoms with Crippen LogP contribution in [-0.2, 0) is 27.9 Å². The predicted octanol–water partition coefficient (Wildman–Crippen LogP) is 2.34. The molecule has 7 nitrogen and oxygen atoms in total. The summed E-state index contributed by atoms with van der Waals surface area (Å²) in [5.41, 5.74) is 2.15. The number of amides is 1. The molecular weight excluding hydrogens is 350 g/mol. The molecule has 0 aliphatic carbocycles. The molecule has 1 aromatic heterocycles. The van der Waals surface area contributed by atoms with E-state index in [2.05, 4.69) is 10.3 Å². The summed E-state index contributed by atoms with van der Waals surface area (Å²) in [6.07, 6.45) is 1.36. The van der Waals surface area contributed by atoms with Crippen LogP contribution >= 0.6 is 11.3 Å². The molecule has 0 saturated carbocycles. The Morgan fingerprint density at radius 1 is 1.33 bits per heavy atom. The average Bonchev–Trinajstić information content (AvgIpc) is 2.95. The topological polar surface area (TPSA) is 108 Å². The molecule has 1 heterocycles. The van der Waals surface area contributed by atoms with E-state index in [1.54, 1.807) is 24.3 Å². The molecule has 1 amide bonds. The molecule has 1 aromatic carbocycles. The van der Waals surface area contributed by atoms with Crippen molar-refractivity contribution in [1.29, 1.82) is 0 Å². The van der Waals surface area contributed by atoms with Gasteiger partial charge in [-0.3, -0.25) is 14.1 Å². The van der Waals surface area contributed by atoms with Crippen molar-refractivity contribution in [3.05, 3.63) is 45.9 Å². The van der Waals surface area contributed by atoms with Crippen LogP contribution in [0.1, 0.15) is 36.2 Å². The predicted molar refractivity (Wildman–Crippen MR) is 93.4 cm³/mol. The quantitative estimate of drug-likeness (QED) is 0.649. The molecule has 130 valence electrons. The Morgan fingerprint density at radius 3 is 2.50 bits per heavy atom. The molecule has 9 heteroatoms. The summed E-state index contributed by atoms with van der Waals surface area (Å²) in [7, 11) is -4.29. The molecule has 0 spiro atoms. The van der Waals surface area contributed by atoms with Gasteiger partial charge in [-0.2, -0.15) is 8.42 Å². The Bertz CT molecular complexity index is 800. The van der Waals surface area contributed by atoms with Gasteiger partial charge in [0, 0.05) is 12.3 Å². The SMILES string of the molecule is CCc1csc([C@H](Cc2ccc(NS(=O)(=O)O)cc2)NC(C)=O)n1. The van der Waals surface area contributed by atoms with Gasteiger partial charge in [-0.25, -0.2) is 4.98 Å². The van der Waals surface area contributed by atoms with Crippen LogP contribution in [0.25, 0.3) is 0 Å². The van der Waals surface area contributed by atoms with Gasteiger partial charge in [-0.15, -0.1) is 11.3 Å². The van der Waals surface area contributed by atoms with Crippen molar-refractivity contribution >= 4 is 33.2 Å². The van der Waals surface area contributed by atoms with Crippen molar-refractivity contribution < 1.29 is 17.8 Å². The number of carbonyl (C=O) groups excluding carboxylic acids is 1. The summed E-state index contributed by atoms with van der Waals surface area (Å²) in [5, 5.41) is 5.70. The molecule has 0 bridgehead atoms. The lowest BCUT2D eigenvalue weighted by atomic mass is 10.1. The lowest BCUT2D eigenvalue weighted by Gasteiger charge is -2.16. The third-order valence-electron chi connectivity index (χ3n) is 3.25. The third-order valence-corrected chi connectivity index (χ3v) is 4.75. The second-order valence-corrected chi connectivity index (χ2v) is 7.31. The van der Waals surface area contributed by atoms with E-state index in [4.69, 9.17) is 4.55 Å². The van der Waals surface area contributed by atoms with Gasteiger partial charge in [-0.05, 0) is 30.5 Å². The number of aromatic nitrogens is 1. The fourth-order valence-corrected chi connectivity index (χ4v) is 3.57. The second-order valence-electron chi connectivity index (χ2n) is 5.26. The first-order chi connectivity index (χ1) is 11.3. The van der Waals surface area contributed by atoms with Crippen LogP contribution in [0.5, 0.6) is 0 Å². The summed E-state index contributed by atoms with van der Waals surface area (Å²) in [6, 6.07) is 6.32. The number of thiazole rings is 1. The number of hydrogen-bond donors (Lipinski definition) is 3. The Morgan fingerprint density at radius 2 is 2.00 bits per heavy atom. The van der Waals surface area contributed by atoms with Crippen LogP contribution in [0.4, 0.5) is 5.69 Å². The molecule has 0 radical (unpaired) electrons. The summed E-state index contributed by atoms with van der Waals surface area (Å²) >= 11 is 1.50. The fourth-order valence-electron chi connectivity index (χ4n) is 2.18. The van der Waals surface area contributed by atoms with Gasteiger partial charge < -0.3 is 5.32 Å². The number of anilines is 1. The van der Waals surface area contributed by atoms with Crippen LogP contribution in [-0.4, -0.2) is 23.9 Å². The van der Waals surface area contributed by atoms with Crippen LogP contribution in [0.15, 0.2) is 29.6 Å². The molecule has 1 atom stereocenters. The van der Waals surface area contributed by atoms with E-state index < -0.39 is 10.3 Å². The first kappa shape index (κ1) is 18.4. The monoisotopic (exact) mass is 369 g/mol. The van der Waals surface area contributed by atoms with E-state index in [9.17, 15) is 13.2 Å². The van der Waals surface area contributed by atoms with Crippen molar-refractivity contribution in [2.45, 2.75) is 32.7 Å². The number of aryl methyl sites for hydroxylation is 1. The minimum Gasteiger partial charge on any atom is -0.347 e. The zero-order valence-corrected chi connectivity index (χ0v) is 14.9. The smallest absolute Gasteiger partial charge is 0.347 e. The first-order valence-corrected chi connectivity index (χ1v) is 9.64. The summed E-state index contributed by atoms with van der Waals surface area (Å²) in [5.74, 6) is -0.141. The third kappa shape index (κ3) is 5.59.